The summed E-state index contributed by atoms with van der Waals surface area (Å²) < 4.78 is 12.9. The Bertz CT molecular complexity index is 1040. The highest BCUT2D eigenvalue weighted by Crippen LogP contribution is 2.29. The monoisotopic (exact) mass is 420 g/mol. The molecule has 1 fully saturated rings. The topological polar surface area (TPSA) is 69.5 Å². The van der Waals surface area contributed by atoms with Crippen LogP contribution < -0.4 is 9.47 Å². The van der Waals surface area contributed by atoms with Crippen molar-refractivity contribution in [2.75, 3.05) is 27.3 Å². The van der Waals surface area contributed by atoms with Crippen molar-refractivity contribution in [1.82, 2.24) is 19.4 Å². The summed E-state index contributed by atoms with van der Waals surface area (Å²) in [5.41, 5.74) is 2.74. The number of carbonyl (C=O) groups is 1. The number of carbonyl (C=O) groups excluding carboxylic acids is 1. The second kappa shape index (κ2) is 9.20. The number of benzene rings is 1. The number of rotatable bonds is 6. The van der Waals surface area contributed by atoms with E-state index < -0.39 is 0 Å². The summed E-state index contributed by atoms with van der Waals surface area (Å²) in [6, 6.07) is 9.29. The Balaban J connectivity index is 1.42. The second-order valence-corrected chi connectivity index (χ2v) is 7.88. The minimum Gasteiger partial charge on any atom is -0.497 e. The molecular formula is C24H28N4O3. The Morgan fingerprint density at radius 1 is 1.13 bits per heavy atom. The van der Waals surface area contributed by atoms with Crippen LogP contribution in [-0.4, -0.2) is 52.7 Å². The van der Waals surface area contributed by atoms with Crippen LogP contribution in [0.3, 0.4) is 0 Å². The van der Waals surface area contributed by atoms with Gasteiger partial charge in [0.1, 0.15) is 17.3 Å². The van der Waals surface area contributed by atoms with Gasteiger partial charge in [0.2, 0.25) is 0 Å². The number of hydrogen-bond acceptors (Lipinski definition) is 5. The van der Waals surface area contributed by atoms with Crippen molar-refractivity contribution in [2.45, 2.75) is 26.3 Å². The highest BCUT2D eigenvalue weighted by atomic mass is 16.5. The normalized spacial score (nSPS) is 14.5. The molecule has 31 heavy (non-hydrogen) atoms. The number of aromatic nitrogens is 3. The van der Waals surface area contributed by atoms with E-state index in [0.29, 0.717) is 23.0 Å². The molecule has 4 rings (SSSR count). The Labute approximate surface area is 182 Å². The zero-order valence-corrected chi connectivity index (χ0v) is 18.2. The van der Waals surface area contributed by atoms with Gasteiger partial charge in [-0.25, -0.2) is 4.98 Å². The smallest absolute Gasteiger partial charge is 0.257 e. The van der Waals surface area contributed by atoms with Crippen molar-refractivity contribution in [2.24, 2.45) is 5.92 Å². The Morgan fingerprint density at radius 2 is 1.94 bits per heavy atom. The van der Waals surface area contributed by atoms with Crippen LogP contribution in [0.25, 0.3) is 11.4 Å². The first-order valence-electron chi connectivity index (χ1n) is 10.5. The van der Waals surface area contributed by atoms with Gasteiger partial charge in [-0.1, -0.05) is 0 Å². The van der Waals surface area contributed by atoms with Gasteiger partial charge in [0.15, 0.2) is 0 Å². The van der Waals surface area contributed by atoms with Crippen molar-refractivity contribution in [3.8, 4) is 22.9 Å². The van der Waals surface area contributed by atoms with Gasteiger partial charge < -0.3 is 18.9 Å². The van der Waals surface area contributed by atoms with Gasteiger partial charge in [0.25, 0.3) is 5.91 Å². The van der Waals surface area contributed by atoms with Crippen LogP contribution >= 0.6 is 0 Å². The van der Waals surface area contributed by atoms with E-state index in [0.717, 1.165) is 49.6 Å². The maximum atomic E-state index is 13.1. The SMILES string of the molecule is COc1ccc(C(=O)N2CCC(Cn3c(C)cnc3-c3cccnc3)CC2)c(OC)c1. The summed E-state index contributed by atoms with van der Waals surface area (Å²) in [5.74, 6) is 2.67. The number of aryl methyl sites for hydroxylation is 1. The first-order valence-corrected chi connectivity index (χ1v) is 10.5. The number of imidazole rings is 1. The predicted molar refractivity (Wildman–Crippen MR) is 118 cm³/mol. The molecule has 0 radical (unpaired) electrons. The molecule has 0 unspecified atom stereocenters. The number of likely N-dealkylation sites (tertiary alicyclic amines) is 1. The first-order chi connectivity index (χ1) is 15.1. The summed E-state index contributed by atoms with van der Waals surface area (Å²) in [6.07, 6.45) is 7.44. The van der Waals surface area contributed by atoms with E-state index in [1.807, 2.05) is 29.4 Å². The third kappa shape index (κ3) is 4.40. The molecule has 3 heterocycles. The molecule has 0 spiro atoms. The van der Waals surface area contributed by atoms with Crippen LogP contribution in [0, 0.1) is 12.8 Å². The van der Waals surface area contributed by atoms with E-state index in [-0.39, 0.29) is 5.91 Å². The van der Waals surface area contributed by atoms with Crippen LogP contribution in [0.4, 0.5) is 0 Å². The van der Waals surface area contributed by atoms with E-state index in [9.17, 15) is 4.79 Å². The maximum Gasteiger partial charge on any atom is 0.257 e. The predicted octanol–water partition coefficient (Wildman–Crippen LogP) is 3.82. The van der Waals surface area contributed by atoms with Crippen molar-refractivity contribution >= 4 is 5.91 Å². The van der Waals surface area contributed by atoms with Crippen LogP contribution in [-0.2, 0) is 6.54 Å². The molecular weight excluding hydrogens is 392 g/mol. The van der Waals surface area contributed by atoms with Gasteiger partial charge in [-0.2, -0.15) is 0 Å². The van der Waals surface area contributed by atoms with E-state index in [1.54, 1.807) is 38.6 Å². The van der Waals surface area contributed by atoms with Gasteiger partial charge in [-0.3, -0.25) is 9.78 Å². The molecule has 0 N–H and O–H groups in total. The fourth-order valence-electron chi connectivity index (χ4n) is 4.14. The molecule has 0 saturated carbocycles. The number of amides is 1. The van der Waals surface area contributed by atoms with E-state index in [4.69, 9.17) is 9.47 Å². The number of hydrogen-bond donors (Lipinski definition) is 0. The van der Waals surface area contributed by atoms with E-state index in [2.05, 4.69) is 21.5 Å². The lowest BCUT2D eigenvalue weighted by Gasteiger charge is -2.33. The summed E-state index contributed by atoms with van der Waals surface area (Å²) >= 11 is 0. The van der Waals surface area contributed by atoms with E-state index >= 15 is 0 Å². The third-order valence-corrected chi connectivity index (χ3v) is 5.96. The van der Waals surface area contributed by atoms with E-state index in [1.165, 1.54) is 0 Å². The lowest BCUT2D eigenvalue weighted by Crippen LogP contribution is -2.39. The molecule has 7 nitrogen and oxygen atoms in total. The molecule has 1 amide bonds. The minimum absolute atomic E-state index is 0.00723. The number of pyridine rings is 1. The molecule has 1 aliphatic rings. The molecule has 0 atom stereocenters. The van der Waals surface area contributed by atoms with Crippen LogP contribution in [0.15, 0.2) is 48.9 Å². The molecule has 2 aromatic heterocycles. The fraction of sp³-hybridized carbons (Fsp3) is 0.375. The lowest BCUT2D eigenvalue weighted by atomic mass is 9.95. The quantitative estimate of drug-likeness (QED) is 0.606. The first kappa shape index (κ1) is 20.9. The van der Waals surface area contributed by atoms with Crippen LogP contribution in [0.2, 0.25) is 0 Å². The largest absolute Gasteiger partial charge is 0.497 e. The summed E-state index contributed by atoms with van der Waals surface area (Å²) in [5, 5.41) is 0. The highest BCUT2D eigenvalue weighted by molar-refractivity contribution is 5.97. The van der Waals surface area contributed by atoms with Crippen molar-refractivity contribution in [1.29, 1.82) is 0 Å². The highest BCUT2D eigenvalue weighted by Gasteiger charge is 2.26. The molecule has 7 heteroatoms. The van der Waals surface area contributed by atoms with Gasteiger partial charge >= 0.3 is 0 Å². The number of methoxy groups -OCH3 is 2. The molecule has 0 aliphatic carbocycles. The maximum absolute atomic E-state index is 13.1. The molecule has 1 aliphatic heterocycles. The minimum atomic E-state index is 0.00723. The average Bonchev–Trinajstić information content (AvgIpc) is 3.19. The standard InChI is InChI=1S/C24H28N4O3/c1-17-14-26-23(19-5-4-10-25-15-19)28(17)16-18-8-11-27(12-9-18)24(29)21-7-6-20(30-2)13-22(21)31-3/h4-7,10,13-15,18H,8-9,11-12,16H2,1-3H3. The molecule has 3 aromatic rings. The molecule has 162 valence electrons. The van der Waals surface area contributed by atoms with Gasteiger partial charge in [-0.15, -0.1) is 0 Å². The Hall–Kier alpha value is -3.35. The van der Waals surface area contributed by atoms with Crippen molar-refractivity contribution in [3.63, 3.8) is 0 Å². The number of nitrogens with zero attached hydrogens (tertiary/aromatic N) is 4. The summed E-state index contributed by atoms with van der Waals surface area (Å²) in [7, 11) is 3.17. The zero-order chi connectivity index (χ0) is 21.8. The molecule has 1 aromatic carbocycles. The number of piperidine rings is 1. The Morgan fingerprint density at radius 3 is 2.61 bits per heavy atom. The van der Waals surface area contributed by atoms with Crippen molar-refractivity contribution < 1.29 is 14.3 Å². The second-order valence-electron chi connectivity index (χ2n) is 7.88. The lowest BCUT2D eigenvalue weighted by molar-refractivity contribution is 0.0679. The average molecular weight is 421 g/mol. The molecule has 1 saturated heterocycles. The number of ether oxygens (including phenoxy) is 2. The molecule has 0 bridgehead atoms. The van der Waals surface area contributed by atoms with Crippen LogP contribution in [0.5, 0.6) is 11.5 Å². The van der Waals surface area contributed by atoms with Gasteiger partial charge in [0.05, 0.1) is 19.8 Å². The summed E-state index contributed by atoms with van der Waals surface area (Å²) in [6.45, 7) is 4.44. The third-order valence-electron chi connectivity index (χ3n) is 5.96. The summed E-state index contributed by atoms with van der Waals surface area (Å²) in [4.78, 5) is 23.8. The van der Waals surface area contributed by atoms with Crippen LogP contribution in [0.1, 0.15) is 28.9 Å². The zero-order valence-electron chi connectivity index (χ0n) is 18.2. The fourth-order valence-corrected chi connectivity index (χ4v) is 4.14. The van der Waals surface area contributed by atoms with Crippen molar-refractivity contribution in [3.05, 3.63) is 60.2 Å². The van der Waals surface area contributed by atoms with Gasteiger partial charge in [0, 0.05) is 55.5 Å². The Kier molecular flexibility index (Phi) is 6.21. The van der Waals surface area contributed by atoms with Gasteiger partial charge in [-0.05, 0) is 49.9 Å².